The Kier molecular flexibility index (Phi) is 4.70. The first-order chi connectivity index (χ1) is 10.3. The third-order valence-electron chi connectivity index (χ3n) is 4.04. The second-order valence-electron chi connectivity index (χ2n) is 5.42. The van der Waals surface area contributed by atoms with Crippen LogP contribution in [0.2, 0.25) is 0 Å². The van der Waals surface area contributed by atoms with Crippen LogP contribution in [-0.2, 0) is 11.2 Å². The van der Waals surface area contributed by atoms with Gasteiger partial charge < -0.3 is 4.90 Å². The van der Waals surface area contributed by atoms with Crippen LogP contribution in [0.3, 0.4) is 0 Å². The quantitative estimate of drug-likeness (QED) is 0.827. The van der Waals surface area contributed by atoms with Crippen molar-refractivity contribution in [1.29, 1.82) is 0 Å². The van der Waals surface area contributed by atoms with Crippen LogP contribution >= 0.6 is 22.7 Å². The van der Waals surface area contributed by atoms with Gasteiger partial charge in [-0.25, -0.2) is 4.98 Å². The Morgan fingerprint density at radius 2 is 2.19 bits per heavy atom. The summed E-state index contributed by atoms with van der Waals surface area (Å²) in [4.78, 5) is 20.4. The highest BCUT2D eigenvalue weighted by Gasteiger charge is 2.25. The first kappa shape index (κ1) is 14.7. The van der Waals surface area contributed by atoms with E-state index in [0.717, 1.165) is 30.1 Å². The molecule has 0 aromatic carbocycles. The zero-order valence-electron chi connectivity index (χ0n) is 12.2. The monoisotopic (exact) mass is 320 g/mol. The highest BCUT2D eigenvalue weighted by Crippen LogP contribution is 2.28. The number of rotatable bonds is 5. The fourth-order valence-electron chi connectivity index (χ4n) is 3.01. The second-order valence-corrected chi connectivity index (χ2v) is 7.22. The molecule has 1 aliphatic rings. The number of carbonyl (C=O) groups excluding carboxylic acids is 1. The van der Waals surface area contributed by atoms with Gasteiger partial charge in [0, 0.05) is 18.0 Å². The molecule has 0 aliphatic heterocycles. The normalized spacial score (nSPS) is 15.5. The maximum Gasteiger partial charge on any atom is 0.228 e. The number of thiazole rings is 1. The zero-order valence-corrected chi connectivity index (χ0v) is 13.9. The summed E-state index contributed by atoms with van der Waals surface area (Å²) in [7, 11) is 0. The summed E-state index contributed by atoms with van der Waals surface area (Å²) in [6.07, 6.45) is 5.28. The molecule has 0 radical (unpaired) electrons. The van der Waals surface area contributed by atoms with E-state index in [-0.39, 0.29) is 5.91 Å². The lowest BCUT2D eigenvalue weighted by molar-refractivity contribution is -0.132. The molecule has 1 aliphatic carbocycles. The topological polar surface area (TPSA) is 33.2 Å². The van der Waals surface area contributed by atoms with Gasteiger partial charge in [-0.2, -0.15) is 0 Å². The van der Waals surface area contributed by atoms with Crippen molar-refractivity contribution in [1.82, 2.24) is 9.88 Å². The maximum absolute atomic E-state index is 12.5. The Bertz CT molecular complexity index is 585. The standard InChI is InChI=1S/C16H20N2OS2/c1-2-18(13-6-3-4-7-13)15(19)10-12-11-21-16(17-12)14-8-5-9-20-14/h5,8-9,11,13H,2-4,6-7,10H2,1H3. The molecule has 2 heterocycles. The van der Waals surface area contributed by atoms with Crippen molar-refractivity contribution in [2.24, 2.45) is 0 Å². The predicted molar refractivity (Wildman–Crippen MR) is 88.8 cm³/mol. The van der Waals surface area contributed by atoms with Gasteiger partial charge >= 0.3 is 0 Å². The highest BCUT2D eigenvalue weighted by molar-refractivity contribution is 7.20. The summed E-state index contributed by atoms with van der Waals surface area (Å²) < 4.78 is 0. The van der Waals surface area contributed by atoms with E-state index >= 15 is 0 Å². The van der Waals surface area contributed by atoms with Crippen molar-refractivity contribution in [2.45, 2.75) is 45.1 Å². The molecule has 2 aromatic heterocycles. The Morgan fingerprint density at radius 3 is 2.86 bits per heavy atom. The molecule has 0 saturated heterocycles. The molecule has 1 saturated carbocycles. The first-order valence-electron chi connectivity index (χ1n) is 7.55. The van der Waals surface area contributed by atoms with E-state index in [1.54, 1.807) is 22.7 Å². The third kappa shape index (κ3) is 3.35. The molecule has 5 heteroatoms. The fourth-order valence-corrected chi connectivity index (χ4v) is 4.65. The van der Waals surface area contributed by atoms with Gasteiger partial charge in [0.25, 0.3) is 0 Å². The number of nitrogens with zero attached hydrogens (tertiary/aromatic N) is 2. The maximum atomic E-state index is 12.5. The van der Waals surface area contributed by atoms with Crippen molar-refractivity contribution in [3.63, 3.8) is 0 Å². The van der Waals surface area contributed by atoms with Gasteiger partial charge in [-0.15, -0.1) is 22.7 Å². The molecular formula is C16H20N2OS2. The minimum atomic E-state index is 0.229. The van der Waals surface area contributed by atoms with Crippen molar-refractivity contribution in [3.8, 4) is 9.88 Å². The largest absolute Gasteiger partial charge is 0.340 e. The smallest absolute Gasteiger partial charge is 0.228 e. The van der Waals surface area contributed by atoms with Crippen molar-refractivity contribution in [3.05, 3.63) is 28.6 Å². The predicted octanol–water partition coefficient (Wildman–Crippen LogP) is 4.21. The summed E-state index contributed by atoms with van der Waals surface area (Å²) in [5, 5.41) is 5.10. The summed E-state index contributed by atoms with van der Waals surface area (Å²) in [6.45, 7) is 2.89. The van der Waals surface area contributed by atoms with Crippen LogP contribution in [0.5, 0.6) is 0 Å². The first-order valence-corrected chi connectivity index (χ1v) is 9.31. The van der Waals surface area contributed by atoms with Crippen LogP contribution in [0.4, 0.5) is 0 Å². The lowest BCUT2D eigenvalue weighted by atomic mass is 10.2. The molecule has 21 heavy (non-hydrogen) atoms. The molecule has 0 unspecified atom stereocenters. The van der Waals surface area contributed by atoms with Crippen LogP contribution in [0.15, 0.2) is 22.9 Å². The number of carbonyl (C=O) groups is 1. The molecule has 0 bridgehead atoms. The van der Waals surface area contributed by atoms with Crippen molar-refractivity contribution < 1.29 is 4.79 Å². The molecule has 0 N–H and O–H groups in total. The van der Waals surface area contributed by atoms with Crippen LogP contribution < -0.4 is 0 Å². The Balaban J connectivity index is 1.66. The molecule has 112 valence electrons. The lowest BCUT2D eigenvalue weighted by Crippen LogP contribution is -2.39. The SMILES string of the molecule is CCN(C(=O)Cc1csc(-c2cccs2)n1)C1CCCC1. The van der Waals surface area contributed by atoms with Crippen molar-refractivity contribution in [2.75, 3.05) is 6.54 Å². The third-order valence-corrected chi connectivity index (χ3v) is 5.97. The van der Waals surface area contributed by atoms with Crippen molar-refractivity contribution >= 4 is 28.6 Å². The molecule has 0 atom stereocenters. The van der Waals surface area contributed by atoms with Crippen LogP contribution in [0, 0.1) is 0 Å². The van der Waals surface area contributed by atoms with E-state index in [1.807, 2.05) is 11.4 Å². The summed E-state index contributed by atoms with van der Waals surface area (Å²) in [6, 6.07) is 4.56. The molecule has 1 fully saturated rings. The Labute approximate surface area is 133 Å². The molecule has 3 nitrogen and oxygen atoms in total. The Morgan fingerprint density at radius 1 is 1.38 bits per heavy atom. The average Bonchev–Trinajstić information content (AvgIpc) is 3.22. The van der Waals surface area contributed by atoms with Gasteiger partial charge in [0.15, 0.2) is 0 Å². The minimum absolute atomic E-state index is 0.229. The van der Waals surface area contributed by atoms with E-state index < -0.39 is 0 Å². The fraction of sp³-hybridized carbons (Fsp3) is 0.500. The number of amides is 1. The summed E-state index contributed by atoms with van der Waals surface area (Å²) >= 11 is 3.32. The lowest BCUT2D eigenvalue weighted by Gasteiger charge is -2.27. The van der Waals surface area contributed by atoms with E-state index in [1.165, 1.54) is 17.7 Å². The van der Waals surface area contributed by atoms with Gasteiger partial charge in [-0.1, -0.05) is 18.9 Å². The van der Waals surface area contributed by atoms with Gasteiger partial charge in [-0.05, 0) is 31.2 Å². The molecular weight excluding hydrogens is 300 g/mol. The van der Waals surface area contributed by atoms with Crippen LogP contribution in [0.25, 0.3) is 9.88 Å². The van der Waals surface area contributed by atoms with E-state index in [2.05, 4.69) is 28.3 Å². The number of aromatic nitrogens is 1. The van der Waals surface area contributed by atoms with Gasteiger partial charge in [0.1, 0.15) is 5.01 Å². The van der Waals surface area contributed by atoms with Crippen LogP contribution in [-0.4, -0.2) is 28.4 Å². The molecule has 3 rings (SSSR count). The number of hydrogen-bond acceptors (Lipinski definition) is 4. The second kappa shape index (κ2) is 6.71. The minimum Gasteiger partial charge on any atom is -0.340 e. The highest BCUT2D eigenvalue weighted by atomic mass is 32.1. The Hall–Kier alpha value is -1.20. The van der Waals surface area contributed by atoms with E-state index in [9.17, 15) is 4.79 Å². The van der Waals surface area contributed by atoms with E-state index in [4.69, 9.17) is 0 Å². The summed E-state index contributed by atoms with van der Waals surface area (Å²) in [5.41, 5.74) is 0.907. The molecule has 0 spiro atoms. The van der Waals surface area contributed by atoms with Gasteiger partial charge in [0.2, 0.25) is 5.91 Å². The number of likely N-dealkylation sites (N-methyl/N-ethyl adjacent to an activating group) is 1. The number of thiophene rings is 1. The molecule has 2 aromatic rings. The van der Waals surface area contributed by atoms with Gasteiger partial charge in [0.05, 0.1) is 17.0 Å². The zero-order chi connectivity index (χ0) is 14.7. The van der Waals surface area contributed by atoms with E-state index in [0.29, 0.717) is 12.5 Å². The van der Waals surface area contributed by atoms with Crippen LogP contribution in [0.1, 0.15) is 38.3 Å². The van der Waals surface area contributed by atoms with Gasteiger partial charge in [-0.3, -0.25) is 4.79 Å². The average molecular weight is 320 g/mol. The number of hydrogen-bond donors (Lipinski definition) is 0. The summed E-state index contributed by atoms with van der Waals surface area (Å²) in [5.74, 6) is 0.229. The molecule has 1 amide bonds.